The average molecular weight is 801 g/mol. The smallest absolute Gasteiger partial charge is 0.0654 e. The molecule has 0 N–H and O–H groups in total. The number of unbranched alkanes of at least 4 members (excludes halogenated alkanes) is 23. The van der Waals surface area contributed by atoms with Gasteiger partial charge >= 0.3 is 273 Å². The van der Waals surface area contributed by atoms with Crippen molar-refractivity contribution in [2.24, 2.45) is 0 Å². The molecule has 0 fully saturated rings. The SMILES string of the molecule is CCCCCCCCCCCCCc1cccc(S(=O)(=O)OP(CCCC)(CCCC)(CCCC)c2ccccc2)c1CCCCCCCCCCCCC. The molecule has 0 bridgehead atoms. The topological polar surface area (TPSA) is 43.4 Å². The van der Waals surface area contributed by atoms with Crippen LogP contribution in [0.15, 0.2) is 53.4 Å². The van der Waals surface area contributed by atoms with E-state index in [0.717, 1.165) is 100.0 Å². The fourth-order valence-electron chi connectivity index (χ4n) is 8.86. The molecular formula is C50H89O3PS. The van der Waals surface area contributed by atoms with Gasteiger partial charge in [-0.15, -0.1) is 0 Å². The zero-order valence-corrected chi connectivity index (χ0v) is 38.7. The molecule has 0 aliphatic carbocycles. The van der Waals surface area contributed by atoms with Crippen molar-refractivity contribution in [3.05, 3.63) is 59.7 Å². The van der Waals surface area contributed by atoms with Crippen LogP contribution in [0.3, 0.4) is 0 Å². The Morgan fingerprint density at radius 1 is 0.418 bits per heavy atom. The minimum atomic E-state index is -4.03. The fraction of sp³-hybridized carbons (Fsp3) is 0.760. The van der Waals surface area contributed by atoms with Crippen molar-refractivity contribution in [2.75, 3.05) is 18.5 Å². The van der Waals surface area contributed by atoms with Crippen LogP contribution in [-0.2, 0) is 26.9 Å². The van der Waals surface area contributed by atoms with Crippen LogP contribution in [0.25, 0.3) is 0 Å². The van der Waals surface area contributed by atoms with Gasteiger partial charge in [0.2, 0.25) is 0 Å². The third kappa shape index (κ3) is 18.5. The predicted octanol–water partition coefficient (Wildman–Crippen LogP) is 16.3. The molecule has 55 heavy (non-hydrogen) atoms. The van der Waals surface area contributed by atoms with Gasteiger partial charge in [-0.05, 0) is 0 Å². The van der Waals surface area contributed by atoms with Crippen LogP contribution in [0, 0.1) is 0 Å². The van der Waals surface area contributed by atoms with E-state index >= 15 is 8.42 Å². The van der Waals surface area contributed by atoms with Gasteiger partial charge in [0.25, 0.3) is 0 Å². The summed E-state index contributed by atoms with van der Waals surface area (Å²) in [6.45, 7) is 7.89. The molecule has 2 aromatic rings. The first-order chi connectivity index (χ1) is 26.8. The van der Waals surface area contributed by atoms with Gasteiger partial charge in [0, 0.05) is 0 Å². The first kappa shape index (κ1) is 49.9. The van der Waals surface area contributed by atoms with Crippen molar-refractivity contribution in [2.45, 2.75) is 232 Å². The molecule has 3 nitrogen and oxygen atoms in total. The fourth-order valence-corrected chi connectivity index (χ4v) is 18.8. The molecule has 0 saturated heterocycles. The molecule has 0 aliphatic rings. The maximum absolute atomic E-state index is 15.2. The Balaban J connectivity index is 2.33. The molecule has 0 heterocycles. The first-order valence-corrected chi connectivity index (χ1v) is 28.1. The summed E-state index contributed by atoms with van der Waals surface area (Å²) < 4.78 is 37.5. The molecule has 0 aromatic heterocycles. The number of aryl methyl sites for hydroxylation is 1. The van der Waals surface area contributed by atoms with Crippen molar-refractivity contribution in [3.63, 3.8) is 0 Å². The third-order valence-corrected chi connectivity index (χ3v) is 21.3. The maximum atomic E-state index is 15.2. The van der Waals surface area contributed by atoms with Crippen LogP contribution in [0.4, 0.5) is 0 Å². The Hall–Kier alpha value is -1.22. The molecule has 0 amide bonds. The van der Waals surface area contributed by atoms with Gasteiger partial charge in [0.15, 0.2) is 0 Å². The van der Waals surface area contributed by atoms with Gasteiger partial charge in [-0.1, -0.05) is 71.6 Å². The van der Waals surface area contributed by atoms with Gasteiger partial charge in [0.1, 0.15) is 0 Å². The van der Waals surface area contributed by atoms with E-state index in [1.165, 1.54) is 128 Å². The number of hydrogen-bond acceptors (Lipinski definition) is 3. The van der Waals surface area contributed by atoms with E-state index in [1.807, 2.05) is 12.1 Å². The average Bonchev–Trinajstić information content (AvgIpc) is 3.20. The van der Waals surface area contributed by atoms with Crippen LogP contribution >= 0.6 is 6.83 Å². The van der Waals surface area contributed by atoms with Crippen molar-refractivity contribution < 1.29 is 12.4 Å². The molecule has 2 aromatic carbocycles. The Morgan fingerprint density at radius 3 is 1.22 bits per heavy atom. The van der Waals surface area contributed by atoms with Crippen LogP contribution in [0.1, 0.15) is 226 Å². The molecule has 0 spiro atoms. The van der Waals surface area contributed by atoms with Crippen molar-refractivity contribution in [1.82, 2.24) is 0 Å². The Morgan fingerprint density at radius 2 is 0.800 bits per heavy atom. The Kier molecular flexibility index (Phi) is 27.2. The van der Waals surface area contributed by atoms with Gasteiger partial charge in [0.05, 0.1) is 0 Å². The molecule has 318 valence electrons. The number of hydrogen-bond donors (Lipinski definition) is 0. The molecule has 0 atom stereocenters. The van der Waals surface area contributed by atoms with Crippen LogP contribution in [-0.4, -0.2) is 26.9 Å². The summed E-state index contributed by atoms with van der Waals surface area (Å²) in [4.78, 5) is 0.467. The molecular weight excluding hydrogens is 712 g/mol. The summed E-state index contributed by atoms with van der Waals surface area (Å²) in [6.07, 6.45) is 39.1. The molecule has 5 heteroatoms. The van der Waals surface area contributed by atoms with E-state index < -0.39 is 16.9 Å². The summed E-state index contributed by atoms with van der Waals surface area (Å²) in [5.41, 5.74) is 2.29. The van der Waals surface area contributed by atoms with Gasteiger partial charge in [-0.25, -0.2) is 0 Å². The minimum Gasteiger partial charge on any atom is -0.0654 e. The molecule has 2 rings (SSSR count). The van der Waals surface area contributed by atoms with E-state index in [0.29, 0.717) is 4.90 Å². The summed E-state index contributed by atoms with van der Waals surface area (Å²) >= 11 is 0. The predicted molar refractivity (Wildman–Crippen MR) is 247 cm³/mol. The van der Waals surface area contributed by atoms with E-state index in [4.69, 9.17) is 3.97 Å². The Bertz CT molecular complexity index is 1300. The summed E-state index contributed by atoms with van der Waals surface area (Å²) in [7, 11) is -4.03. The Labute approximate surface area is 343 Å². The van der Waals surface area contributed by atoms with Crippen LogP contribution in [0.2, 0.25) is 0 Å². The molecule has 0 saturated carbocycles. The van der Waals surface area contributed by atoms with Crippen molar-refractivity contribution >= 4 is 22.3 Å². The zero-order chi connectivity index (χ0) is 40.0. The first-order valence-electron chi connectivity index (χ1n) is 24.0. The third-order valence-electron chi connectivity index (χ3n) is 12.4. The molecule has 0 radical (unpaired) electrons. The van der Waals surface area contributed by atoms with E-state index in [1.54, 1.807) is 0 Å². The molecule has 0 aliphatic heterocycles. The van der Waals surface area contributed by atoms with Crippen molar-refractivity contribution in [1.29, 1.82) is 0 Å². The standard InChI is InChI=1S/C50H89O3PS/c1-6-11-16-18-20-22-24-26-28-30-33-38-47-39-37-43-50(49(47)42-36-31-29-27-25-23-21-19-17-12-7-2)55(51,52)53-54(44-13-8-3,45-14-9-4,46-15-10-5)48-40-34-32-35-41-48/h32,34-35,37,39-41,43H,6-31,33,36,38,42,44-46H2,1-5H3. The summed E-state index contributed by atoms with van der Waals surface area (Å²) in [5.74, 6) is 0. The second kappa shape index (κ2) is 29.9. The minimum absolute atomic E-state index is 0.467. The van der Waals surface area contributed by atoms with Gasteiger partial charge in [-0.3, -0.25) is 0 Å². The monoisotopic (exact) mass is 801 g/mol. The van der Waals surface area contributed by atoms with Gasteiger partial charge in [-0.2, -0.15) is 0 Å². The van der Waals surface area contributed by atoms with E-state index in [2.05, 4.69) is 71.0 Å². The quantitative estimate of drug-likeness (QED) is 0.0505. The zero-order valence-electron chi connectivity index (χ0n) is 37.0. The van der Waals surface area contributed by atoms with E-state index in [9.17, 15) is 0 Å². The van der Waals surface area contributed by atoms with Crippen LogP contribution in [0.5, 0.6) is 0 Å². The second-order valence-corrected chi connectivity index (χ2v) is 24.2. The summed E-state index contributed by atoms with van der Waals surface area (Å²) in [5, 5.41) is 1.16. The number of benzene rings is 2. The second-order valence-electron chi connectivity index (χ2n) is 17.2. The normalized spacial score (nSPS) is 12.9. The molecule has 0 unspecified atom stereocenters. The van der Waals surface area contributed by atoms with Crippen molar-refractivity contribution in [3.8, 4) is 0 Å². The van der Waals surface area contributed by atoms with Gasteiger partial charge < -0.3 is 0 Å². The van der Waals surface area contributed by atoms with E-state index in [-0.39, 0.29) is 0 Å². The van der Waals surface area contributed by atoms with Crippen LogP contribution < -0.4 is 5.30 Å². The number of rotatable bonds is 37. The summed E-state index contributed by atoms with van der Waals surface area (Å²) in [6, 6.07) is 16.8.